The summed E-state index contributed by atoms with van der Waals surface area (Å²) in [6.45, 7) is 2.73. The van der Waals surface area contributed by atoms with E-state index in [1.807, 2.05) is 31.2 Å². The van der Waals surface area contributed by atoms with E-state index in [4.69, 9.17) is 0 Å². The van der Waals surface area contributed by atoms with Gasteiger partial charge in [-0.2, -0.15) is 0 Å². The number of halogens is 1. The van der Waals surface area contributed by atoms with E-state index in [9.17, 15) is 23.6 Å². The zero-order chi connectivity index (χ0) is 22.6. The van der Waals surface area contributed by atoms with Gasteiger partial charge >= 0.3 is 6.03 Å². The fourth-order valence-electron chi connectivity index (χ4n) is 3.04. The Bertz CT molecular complexity index is 1010. The Balaban J connectivity index is 1.51. The molecule has 4 N–H and O–H groups in total. The molecular formula is C21H22FN5O4. The second-order valence-electron chi connectivity index (χ2n) is 7.27. The SMILES string of the molecule is Cc1ccc(NCC(=O)NNC(=O)CN2C(=O)NC(C)(c3ccc(F)cc3)C2=O)cc1. The lowest BCUT2D eigenvalue weighted by molar-refractivity contribution is -0.135. The second kappa shape index (κ2) is 8.82. The molecule has 0 aliphatic carbocycles. The van der Waals surface area contributed by atoms with Crippen LogP contribution < -0.4 is 21.5 Å². The first-order valence-electron chi connectivity index (χ1n) is 9.47. The highest BCUT2D eigenvalue weighted by molar-refractivity contribution is 6.09. The average molecular weight is 427 g/mol. The summed E-state index contributed by atoms with van der Waals surface area (Å²) in [5.41, 5.74) is 5.16. The van der Waals surface area contributed by atoms with Crippen molar-refractivity contribution in [2.24, 2.45) is 0 Å². The first kappa shape index (κ1) is 21.8. The molecule has 0 bridgehead atoms. The van der Waals surface area contributed by atoms with Crippen LogP contribution in [0.25, 0.3) is 0 Å². The van der Waals surface area contributed by atoms with Crippen LogP contribution in [0.2, 0.25) is 0 Å². The van der Waals surface area contributed by atoms with Crippen LogP contribution in [0.3, 0.4) is 0 Å². The van der Waals surface area contributed by atoms with Crippen molar-refractivity contribution < 1.29 is 23.6 Å². The highest BCUT2D eigenvalue weighted by Gasteiger charge is 2.49. The molecule has 1 fully saturated rings. The Kier molecular flexibility index (Phi) is 6.19. The number of nitrogens with one attached hydrogen (secondary N) is 4. The molecule has 0 aromatic heterocycles. The molecule has 0 spiro atoms. The molecule has 9 nitrogen and oxygen atoms in total. The van der Waals surface area contributed by atoms with Gasteiger partial charge in [0.2, 0.25) is 0 Å². The number of urea groups is 1. The van der Waals surface area contributed by atoms with Crippen molar-refractivity contribution >= 4 is 29.4 Å². The van der Waals surface area contributed by atoms with Crippen molar-refractivity contribution in [1.82, 2.24) is 21.1 Å². The molecule has 3 rings (SSSR count). The van der Waals surface area contributed by atoms with Gasteiger partial charge in [-0.1, -0.05) is 29.8 Å². The van der Waals surface area contributed by atoms with Crippen LogP contribution in [0.4, 0.5) is 14.9 Å². The molecule has 1 saturated heterocycles. The normalized spacial score (nSPS) is 17.8. The van der Waals surface area contributed by atoms with Crippen molar-refractivity contribution in [3.05, 3.63) is 65.5 Å². The number of nitrogens with zero attached hydrogens (tertiary/aromatic N) is 1. The van der Waals surface area contributed by atoms with Gasteiger partial charge in [0.15, 0.2) is 0 Å². The summed E-state index contributed by atoms with van der Waals surface area (Å²) in [6.07, 6.45) is 0. The fourth-order valence-corrected chi connectivity index (χ4v) is 3.04. The van der Waals surface area contributed by atoms with Gasteiger partial charge in [-0.15, -0.1) is 0 Å². The van der Waals surface area contributed by atoms with E-state index in [0.717, 1.165) is 16.2 Å². The number of hydrazine groups is 1. The fraction of sp³-hybridized carbons (Fsp3) is 0.238. The first-order valence-corrected chi connectivity index (χ1v) is 9.47. The van der Waals surface area contributed by atoms with Gasteiger partial charge in [0, 0.05) is 5.69 Å². The van der Waals surface area contributed by atoms with Crippen LogP contribution in [0.5, 0.6) is 0 Å². The standard InChI is InChI=1S/C21H22FN5O4/c1-13-3-9-16(10-4-13)23-11-17(28)25-26-18(29)12-27-19(30)21(2,24-20(27)31)14-5-7-15(22)8-6-14/h3-10,23H,11-12H2,1-2H3,(H,24,31)(H,25,28)(H,26,29). The lowest BCUT2D eigenvalue weighted by atomic mass is 9.92. The van der Waals surface area contributed by atoms with E-state index in [1.54, 1.807) is 0 Å². The molecular weight excluding hydrogens is 405 g/mol. The number of hydrogen-bond acceptors (Lipinski definition) is 5. The number of aryl methyl sites for hydroxylation is 1. The number of rotatable bonds is 6. The Morgan fingerprint density at radius 2 is 1.61 bits per heavy atom. The number of carbonyl (C=O) groups is 4. The Morgan fingerprint density at radius 3 is 2.26 bits per heavy atom. The molecule has 162 valence electrons. The maximum atomic E-state index is 13.2. The average Bonchev–Trinajstić information content (AvgIpc) is 2.96. The quantitative estimate of drug-likeness (QED) is 0.407. The smallest absolute Gasteiger partial charge is 0.325 e. The Labute approximate surface area is 178 Å². The highest BCUT2D eigenvalue weighted by atomic mass is 19.1. The molecule has 10 heteroatoms. The topological polar surface area (TPSA) is 120 Å². The molecule has 1 heterocycles. The minimum atomic E-state index is -1.42. The second-order valence-corrected chi connectivity index (χ2v) is 7.27. The third kappa shape index (κ3) is 4.97. The molecule has 1 aliphatic heterocycles. The number of hydrogen-bond donors (Lipinski definition) is 4. The zero-order valence-electron chi connectivity index (χ0n) is 17.0. The summed E-state index contributed by atoms with van der Waals surface area (Å²) < 4.78 is 13.2. The molecule has 31 heavy (non-hydrogen) atoms. The van der Waals surface area contributed by atoms with E-state index in [1.165, 1.54) is 31.2 Å². The number of carbonyl (C=O) groups excluding carboxylic acids is 4. The summed E-state index contributed by atoms with van der Waals surface area (Å²) in [5.74, 6) is -2.41. The molecule has 1 aliphatic rings. The van der Waals surface area contributed by atoms with E-state index < -0.39 is 41.7 Å². The van der Waals surface area contributed by atoms with Crippen LogP contribution in [0, 0.1) is 12.7 Å². The molecule has 2 aromatic rings. The molecule has 0 saturated carbocycles. The first-order chi connectivity index (χ1) is 14.7. The number of amides is 5. The van der Waals surface area contributed by atoms with Crippen molar-refractivity contribution in [3.8, 4) is 0 Å². The van der Waals surface area contributed by atoms with Crippen LogP contribution in [0.15, 0.2) is 48.5 Å². The van der Waals surface area contributed by atoms with E-state index in [0.29, 0.717) is 5.56 Å². The van der Waals surface area contributed by atoms with Crippen molar-refractivity contribution in [1.29, 1.82) is 0 Å². The molecule has 1 unspecified atom stereocenters. The Morgan fingerprint density at radius 1 is 1.00 bits per heavy atom. The van der Waals surface area contributed by atoms with Crippen LogP contribution in [-0.2, 0) is 19.9 Å². The van der Waals surface area contributed by atoms with E-state index >= 15 is 0 Å². The van der Waals surface area contributed by atoms with Crippen molar-refractivity contribution in [3.63, 3.8) is 0 Å². The lowest BCUT2D eigenvalue weighted by Crippen LogP contribution is -2.49. The molecule has 1 atom stereocenters. The van der Waals surface area contributed by atoms with Crippen molar-refractivity contribution in [2.45, 2.75) is 19.4 Å². The maximum Gasteiger partial charge on any atom is 0.325 e. The lowest BCUT2D eigenvalue weighted by Gasteiger charge is -2.22. The zero-order valence-corrected chi connectivity index (χ0v) is 17.0. The summed E-state index contributed by atoms with van der Waals surface area (Å²) >= 11 is 0. The maximum absolute atomic E-state index is 13.2. The van der Waals surface area contributed by atoms with Crippen LogP contribution in [0.1, 0.15) is 18.1 Å². The monoisotopic (exact) mass is 427 g/mol. The predicted octanol–water partition coefficient (Wildman–Crippen LogP) is 1.16. The predicted molar refractivity (Wildman–Crippen MR) is 110 cm³/mol. The summed E-state index contributed by atoms with van der Waals surface area (Å²) in [7, 11) is 0. The number of imide groups is 1. The van der Waals surface area contributed by atoms with Gasteiger partial charge in [0.05, 0.1) is 6.54 Å². The Hall–Kier alpha value is -3.95. The van der Waals surface area contributed by atoms with Gasteiger partial charge in [-0.05, 0) is 43.7 Å². The van der Waals surface area contributed by atoms with Gasteiger partial charge in [-0.25, -0.2) is 9.18 Å². The minimum Gasteiger partial charge on any atom is -0.376 e. The third-order valence-electron chi connectivity index (χ3n) is 4.84. The molecule has 5 amide bonds. The molecule has 0 radical (unpaired) electrons. The number of benzene rings is 2. The van der Waals surface area contributed by atoms with Gasteiger partial charge in [-0.3, -0.25) is 30.1 Å². The van der Waals surface area contributed by atoms with Crippen LogP contribution >= 0.6 is 0 Å². The third-order valence-corrected chi connectivity index (χ3v) is 4.84. The van der Waals surface area contributed by atoms with E-state index in [-0.39, 0.29) is 6.54 Å². The summed E-state index contributed by atoms with van der Waals surface area (Å²) in [5, 5.41) is 5.41. The highest BCUT2D eigenvalue weighted by Crippen LogP contribution is 2.28. The molecule has 2 aromatic carbocycles. The van der Waals surface area contributed by atoms with Gasteiger partial charge in [0.1, 0.15) is 17.9 Å². The summed E-state index contributed by atoms with van der Waals surface area (Å²) in [6, 6.07) is 11.8. The largest absolute Gasteiger partial charge is 0.376 e. The van der Waals surface area contributed by atoms with E-state index in [2.05, 4.69) is 21.5 Å². The van der Waals surface area contributed by atoms with Gasteiger partial charge in [0.25, 0.3) is 17.7 Å². The van der Waals surface area contributed by atoms with Crippen molar-refractivity contribution in [2.75, 3.05) is 18.4 Å². The van der Waals surface area contributed by atoms with Crippen LogP contribution in [-0.4, -0.2) is 41.7 Å². The number of anilines is 1. The minimum absolute atomic E-state index is 0.0882. The van der Waals surface area contributed by atoms with Gasteiger partial charge < -0.3 is 10.6 Å². The summed E-state index contributed by atoms with van der Waals surface area (Å²) in [4.78, 5) is 49.7.